The van der Waals surface area contributed by atoms with Crippen LogP contribution in [0.5, 0.6) is 0 Å². The molecule has 146 valence electrons. The van der Waals surface area contributed by atoms with Crippen molar-refractivity contribution in [1.82, 2.24) is 0 Å². The van der Waals surface area contributed by atoms with Gasteiger partial charge < -0.3 is 0 Å². The van der Waals surface area contributed by atoms with Crippen molar-refractivity contribution in [3.63, 3.8) is 0 Å². The van der Waals surface area contributed by atoms with Gasteiger partial charge in [-0.1, -0.05) is 77.1 Å². The highest BCUT2D eigenvalue weighted by molar-refractivity contribution is 5.26. The van der Waals surface area contributed by atoms with E-state index < -0.39 is 0 Å². The third-order valence-electron chi connectivity index (χ3n) is 7.69. The average Bonchev–Trinajstić information content (AvgIpc) is 2.68. The molecule has 2 aliphatic rings. The Bertz CT molecular complexity index is 505. The minimum absolute atomic E-state index is 0.808. The summed E-state index contributed by atoms with van der Waals surface area (Å²) in [6.45, 7) is 7.17. The highest BCUT2D eigenvalue weighted by Crippen LogP contribution is 2.46. The first-order valence-electron chi connectivity index (χ1n) is 11.8. The van der Waals surface area contributed by atoms with Gasteiger partial charge in [0.05, 0.1) is 0 Å². The highest BCUT2D eigenvalue weighted by atomic mass is 14.4. The predicted molar refractivity (Wildman–Crippen MR) is 115 cm³/mol. The summed E-state index contributed by atoms with van der Waals surface area (Å²) >= 11 is 0. The molecular formula is C26H42. The standard InChI is InChI=1S/C26H42/c1-4-6-8-22-11-15-24(16-12-22)26-18-17-25(19-20(26)3)23-13-9-21(7-5-2)10-14-23/h11-12,15-16,20-21,23,25-26H,4-10,13-14,17-19H2,1-3H3. The summed E-state index contributed by atoms with van der Waals surface area (Å²) in [7, 11) is 0. The molecule has 0 heteroatoms. The monoisotopic (exact) mass is 354 g/mol. The van der Waals surface area contributed by atoms with Crippen molar-refractivity contribution in [2.75, 3.05) is 0 Å². The van der Waals surface area contributed by atoms with Gasteiger partial charge in [0.1, 0.15) is 0 Å². The maximum atomic E-state index is 2.53. The van der Waals surface area contributed by atoms with Crippen LogP contribution >= 0.6 is 0 Å². The number of hydrogen-bond acceptors (Lipinski definition) is 0. The fourth-order valence-corrected chi connectivity index (χ4v) is 6.03. The third-order valence-corrected chi connectivity index (χ3v) is 7.69. The molecule has 2 aliphatic carbocycles. The van der Waals surface area contributed by atoms with Crippen LogP contribution in [0.4, 0.5) is 0 Å². The van der Waals surface area contributed by atoms with Crippen molar-refractivity contribution < 1.29 is 0 Å². The summed E-state index contributed by atoms with van der Waals surface area (Å²) in [6.07, 6.45) is 17.2. The summed E-state index contributed by atoms with van der Waals surface area (Å²) < 4.78 is 0. The van der Waals surface area contributed by atoms with Crippen LogP contribution in [-0.2, 0) is 6.42 Å². The molecule has 3 unspecified atom stereocenters. The lowest BCUT2D eigenvalue weighted by molar-refractivity contribution is 0.130. The fourth-order valence-electron chi connectivity index (χ4n) is 6.03. The Morgan fingerprint density at radius 2 is 1.50 bits per heavy atom. The number of aryl methyl sites for hydroxylation is 1. The second-order valence-electron chi connectivity index (χ2n) is 9.57. The van der Waals surface area contributed by atoms with Crippen molar-refractivity contribution >= 4 is 0 Å². The Morgan fingerprint density at radius 1 is 0.808 bits per heavy atom. The molecule has 0 saturated heterocycles. The van der Waals surface area contributed by atoms with E-state index in [9.17, 15) is 0 Å². The topological polar surface area (TPSA) is 0 Å². The predicted octanol–water partition coefficient (Wildman–Crippen LogP) is 8.16. The fraction of sp³-hybridized carbons (Fsp3) is 0.769. The zero-order chi connectivity index (χ0) is 18.4. The van der Waals surface area contributed by atoms with E-state index in [1.54, 1.807) is 5.56 Å². The van der Waals surface area contributed by atoms with E-state index in [1.165, 1.54) is 82.6 Å². The van der Waals surface area contributed by atoms with Gasteiger partial charge in [-0.2, -0.15) is 0 Å². The quantitative estimate of drug-likeness (QED) is 0.463. The SMILES string of the molecule is CCCCc1ccc(C2CCC(C3CCC(CCC)CC3)CC2C)cc1. The zero-order valence-electron chi connectivity index (χ0n) is 17.7. The second-order valence-corrected chi connectivity index (χ2v) is 9.57. The van der Waals surface area contributed by atoms with Gasteiger partial charge in [-0.3, -0.25) is 0 Å². The van der Waals surface area contributed by atoms with Crippen LogP contribution in [0.25, 0.3) is 0 Å². The first-order valence-corrected chi connectivity index (χ1v) is 11.8. The smallest absolute Gasteiger partial charge is 0.0136 e. The molecule has 26 heavy (non-hydrogen) atoms. The molecule has 0 bridgehead atoms. The van der Waals surface area contributed by atoms with E-state index in [0.29, 0.717) is 0 Å². The Kier molecular flexibility index (Phi) is 7.64. The summed E-state index contributed by atoms with van der Waals surface area (Å²) in [4.78, 5) is 0. The van der Waals surface area contributed by atoms with Crippen LogP contribution in [0.15, 0.2) is 24.3 Å². The molecule has 1 aromatic rings. The van der Waals surface area contributed by atoms with E-state index in [-0.39, 0.29) is 0 Å². The van der Waals surface area contributed by atoms with Crippen LogP contribution in [-0.4, -0.2) is 0 Å². The third kappa shape index (κ3) is 5.14. The molecular weight excluding hydrogens is 312 g/mol. The highest BCUT2D eigenvalue weighted by Gasteiger charge is 2.34. The summed E-state index contributed by atoms with van der Waals surface area (Å²) in [5.41, 5.74) is 3.14. The minimum Gasteiger partial charge on any atom is -0.0654 e. The maximum absolute atomic E-state index is 2.53. The van der Waals surface area contributed by atoms with Crippen LogP contribution in [0.3, 0.4) is 0 Å². The van der Waals surface area contributed by atoms with Crippen LogP contribution in [0.2, 0.25) is 0 Å². The Balaban J connectivity index is 1.50. The van der Waals surface area contributed by atoms with E-state index in [0.717, 1.165) is 29.6 Å². The molecule has 0 heterocycles. The van der Waals surface area contributed by atoms with Crippen LogP contribution in [0, 0.1) is 23.7 Å². The molecule has 2 saturated carbocycles. The van der Waals surface area contributed by atoms with Crippen molar-refractivity contribution in [2.24, 2.45) is 23.7 Å². The van der Waals surface area contributed by atoms with Gasteiger partial charge in [-0.15, -0.1) is 0 Å². The van der Waals surface area contributed by atoms with Gasteiger partial charge in [0.2, 0.25) is 0 Å². The lowest BCUT2D eigenvalue weighted by Crippen LogP contribution is -2.29. The summed E-state index contributed by atoms with van der Waals surface area (Å²) in [5.74, 6) is 4.79. The van der Waals surface area contributed by atoms with E-state index in [2.05, 4.69) is 45.0 Å². The molecule has 2 fully saturated rings. The Labute approximate surface area is 163 Å². The van der Waals surface area contributed by atoms with Gasteiger partial charge >= 0.3 is 0 Å². The van der Waals surface area contributed by atoms with E-state index >= 15 is 0 Å². The Morgan fingerprint density at radius 3 is 2.12 bits per heavy atom. The average molecular weight is 355 g/mol. The summed E-state index contributed by atoms with van der Waals surface area (Å²) in [6, 6.07) is 9.70. The van der Waals surface area contributed by atoms with Gasteiger partial charge in [-0.05, 0) is 85.7 Å². The molecule has 0 nitrogen and oxygen atoms in total. The lowest BCUT2D eigenvalue weighted by Gasteiger charge is -2.41. The van der Waals surface area contributed by atoms with Gasteiger partial charge in [0.15, 0.2) is 0 Å². The first-order chi connectivity index (χ1) is 12.7. The zero-order valence-corrected chi connectivity index (χ0v) is 17.7. The van der Waals surface area contributed by atoms with Crippen molar-refractivity contribution in [3.05, 3.63) is 35.4 Å². The van der Waals surface area contributed by atoms with Gasteiger partial charge in [0, 0.05) is 0 Å². The molecule has 3 rings (SSSR count). The molecule has 0 N–H and O–H groups in total. The number of rotatable bonds is 7. The lowest BCUT2D eigenvalue weighted by atomic mass is 9.65. The second kappa shape index (κ2) is 9.95. The van der Waals surface area contributed by atoms with Crippen molar-refractivity contribution in [1.29, 1.82) is 0 Å². The van der Waals surface area contributed by atoms with Crippen molar-refractivity contribution in [3.8, 4) is 0 Å². The molecule has 1 aromatic carbocycles. The maximum Gasteiger partial charge on any atom is -0.0136 e. The molecule has 0 amide bonds. The normalized spacial score (nSPS) is 32.5. The van der Waals surface area contributed by atoms with Crippen LogP contribution < -0.4 is 0 Å². The first kappa shape index (κ1) is 20.0. The van der Waals surface area contributed by atoms with Crippen molar-refractivity contribution in [2.45, 2.75) is 104 Å². The number of benzene rings is 1. The van der Waals surface area contributed by atoms with E-state index in [4.69, 9.17) is 0 Å². The van der Waals surface area contributed by atoms with Gasteiger partial charge in [0.25, 0.3) is 0 Å². The van der Waals surface area contributed by atoms with Crippen LogP contribution in [0.1, 0.15) is 108 Å². The molecule has 3 atom stereocenters. The molecule has 0 aromatic heterocycles. The van der Waals surface area contributed by atoms with Gasteiger partial charge in [-0.25, -0.2) is 0 Å². The summed E-state index contributed by atoms with van der Waals surface area (Å²) in [5, 5.41) is 0. The number of hydrogen-bond donors (Lipinski definition) is 0. The minimum atomic E-state index is 0.808. The molecule has 0 aliphatic heterocycles. The largest absolute Gasteiger partial charge is 0.0654 e. The molecule has 0 spiro atoms. The molecule has 0 radical (unpaired) electrons. The number of unbranched alkanes of at least 4 members (excludes halogenated alkanes) is 1. The van der Waals surface area contributed by atoms with E-state index in [1.807, 2.05) is 0 Å². The Hall–Kier alpha value is -0.780.